The minimum atomic E-state index is 0.512. The number of nitrogens with one attached hydrogen (secondary N) is 2. The summed E-state index contributed by atoms with van der Waals surface area (Å²) in [5.41, 5.74) is 4.81. The van der Waals surface area contributed by atoms with Gasteiger partial charge in [0.05, 0.1) is 0 Å². The van der Waals surface area contributed by atoms with Gasteiger partial charge in [-0.3, -0.25) is 0 Å². The molecule has 0 aliphatic carbocycles. The standard InChI is InChI=1S/C16H16ClN3/c1-11-13(14-4-2-3-5-15(14)20-11)7-9-18-12-6-8-19-16(17)10-12/h2-6,8,10,20H,7,9H2,1H3,(H,18,19). The van der Waals surface area contributed by atoms with Crippen molar-refractivity contribution < 1.29 is 0 Å². The molecule has 3 rings (SSSR count). The number of hydrogen-bond donors (Lipinski definition) is 2. The first-order valence-corrected chi connectivity index (χ1v) is 7.03. The van der Waals surface area contributed by atoms with Gasteiger partial charge in [0.1, 0.15) is 5.15 Å². The first-order chi connectivity index (χ1) is 9.74. The third kappa shape index (κ3) is 2.63. The SMILES string of the molecule is Cc1[nH]c2ccccc2c1CCNc1ccnc(Cl)c1. The molecule has 2 aromatic heterocycles. The second-order valence-electron chi connectivity index (χ2n) is 4.82. The second-order valence-corrected chi connectivity index (χ2v) is 5.21. The molecule has 4 heteroatoms. The Kier molecular flexibility index (Phi) is 3.61. The van der Waals surface area contributed by atoms with E-state index < -0.39 is 0 Å². The first-order valence-electron chi connectivity index (χ1n) is 6.65. The molecule has 0 bridgehead atoms. The van der Waals surface area contributed by atoms with E-state index >= 15 is 0 Å². The van der Waals surface area contributed by atoms with Crippen molar-refractivity contribution in [2.24, 2.45) is 0 Å². The molecular formula is C16H16ClN3. The lowest BCUT2D eigenvalue weighted by Crippen LogP contribution is -2.05. The normalized spacial score (nSPS) is 10.9. The van der Waals surface area contributed by atoms with Gasteiger partial charge in [-0.1, -0.05) is 29.8 Å². The maximum atomic E-state index is 5.87. The lowest BCUT2D eigenvalue weighted by molar-refractivity contribution is 1.01. The molecule has 2 N–H and O–H groups in total. The average Bonchev–Trinajstić information content (AvgIpc) is 2.75. The Balaban J connectivity index is 1.73. The highest BCUT2D eigenvalue weighted by molar-refractivity contribution is 6.29. The summed E-state index contributed by atoms with van der Waals surface area (Å²) in [5, 5.41) is 5.19. The van der Waals surface area contributed by atoms with Crippen LogP contribution in [0.5, 0.6) is 0 Å². The molecule has 20 heavy (non-hydrogen) atoms. The molecular weight excluding hydrogens is 270 g/mol. The number of hydrogen-bond acceptors (Lipinski definition) is 2. The maximum Gasteiger partial charge on any atom is 0.131 e. The van der Waals surface area contributed by atoms with Gasteiger partial charge in [-0.25, -0.2) is 4.98 Å². The van der Waals surface area contributed by atoms with Crippen molar-refractivity contribution in [2.75, 3.05) is 11.9 Å². The van der Waals surface area contributed by atoms with Crippen LogP contribution in [0.1, 0.15) is 11.3 Å². The Morgan fingerprint density at radius 1 is 1.25 bits per heavy atom. The zero-order valence-electron chi connectivity index (χ0n) is 11.3. The predicted octanol–water partition coefficient (Wildman–Crippen LogP) is 4.18. The number of aromatic amines is 1. The fourth-order valence-electron chi connectivity index (χ4n) is 2.50. The summed E-state index contributed by atoms with van der Waals surface area (Å²) in [6.45, 7) is 2.99. The molecule has 0 amide bonds. The van der Waals surface area contributed by atoms with Crippen LogP contribution >= 0.6 is 11.6 Å². The van der Waals surface area contributed by atoms with Gasteiger partial charge in [0.15, 0.2) is 0 Å². The lowest BCUT2D eigenvalue weighted by atomic mass is 10.1. The molecule has 0 saturated heterocycles. The van der Waals surface area contributed by atoms with E-state index in [0.29, 0.717) is 5.15 Å². The maximum absolute atomic E-state index is 5.87. The topological polar surface area (TPSA) is 40.7 Å². The first kappa shape index (κ1) is 13.0. The van der Waals surface area contributed by atoms with Gasteiger partial charge in [-0.2, -0.15) is 0 Å². The van der Waals surface area contributed by atoms with E-state index in [1.165, 1.54) is 22.2 Å². The monoisotopic (exact) mass is 285 g/mol. The van der Waals surface area contributed by atoms with Crippen molar-refractivity contribution in [3.63, 3.8) is 0 Å². The minimum absolute atomic E-state index is 0.512. The highest BCUT2D eigenvalue weighted by Gasteiger charge is 2.07. The molecule has 0 radical (unpaired) electrons. The number of fused-ring (bicyclic) bond motifs is 1. The summed E-state index contributed by atoms with van der Waals surface area (Å²) in [6.07, 6.45) is 2.68. The average molecular weight is 286 g/mol. The van der Waals surface area contributed by atoms with E-state index in [0.717, 1.165) is 18.7 Å². The van der Waals surface area contributed by atoms with Crippen LogP contribution in [0.4, 0.5) is 5.69 Å². The van der Waals surface area contributed by atoms with E-state index in [1.54, 1.807) is 6.20 Å². The molecule has 3 nitrogen and oxygen atoms in total. The number of halogens is 1. The predicted molar refractivity (Wildman–Crippen MR) is 84.5 cm³/mol. The molecule has 0 spiro atoms. The van der Waals surface area contributed by atoms with Crippen LogP contribution in [0.25, 0.3) is 10.9 Å². The van der Waals surface area contributed by atoms with E-state index in [-0.39, 0.29) is 0 Å². The number of pyridine rings is 1. The minimum Gasteiger partial charge on any atom is -0.385 e. The van der Waals surface area contributed by atoms with E-state index in [1.807, 2.05) is 12.1 Å². The van der Waals surface area contributed by atoms with Crippen molar-refractivity contribution in [3.05, 3.63) is 59.0 Å². The molecule has 102 valence electrons. The van der Waals surface area contributed by atoms with Crippen LogP contribution in [0.3, 0.4) is 0 Å². The molecule has 0 atom stereocenters. The molecule has 0 saturated carbocycles. The van der Waals surface area contributed by atoms with E-state index in [9.17, 15) is 0 Å². The van der Waals surface area contributed by atoms with Crippen molar-refractivity contribution in [3.8, 4) is 0 Å². The van der Waals surface area contributed by atoms with Crippen LogP contribution in [-0.2, 0) is 6.42 Å². The smallest absolute Gasteiger partial charge is 0.131 e. The van der Waals surface area contributed by atoms with Crippen LogP contribution in [0.2, 0.25) is 5.15 Å². The second kappa shape index (κ2) is 5.55. The number of H-pyrrole nitrogens is 1. The highest BCUT2D eigenvalue weighted by Crippen LogP contribution is 2.22. The van der Waals surface area contributed by atoms with Crippen LogP contribution in [0.15, 0.2) is 42.6 Å². The number of nitrogens with zero attached hydrogens (tertiary/aromatic N) is 1. The van der Waals surface area contributed by atoms with Gasteiger partial charge in [-0.05, 0) is 37.1 Å². The van der Waals surface area contributed by atoms with Crippen molar-refractivity contribution in [1.82, 2.24) is 9.97 Å². The number of rotatable bonds is 4. The Morgan fingerprint density at radius 2 is 2.10 bits per heavy atom. The van der Waals surface area contributed by atoms with E-state index in [2.05, 4.69) is 46.5 Å². The van der Waals surface area contributed by atoms with Crippen molar-refractivity contribution >= 4 is 28.2 Å². The Labute approximate surface area is 123 Å². The molecule has 0 aliphatic rings. The lowest BCUT2D eigenvalue weighted by Gasteiger charge is -2.06. The van der Waals surface area contributed by atoms with Gasteiger partial charge in [-0.15, -0.1) is 0 Å². The van der Waals surface area contributed by atoms with Crippen LogP contribution < -0.4 is 5.32 Å². The van der Waals surface area contributed by atoms with Crippen molar-refractivity contribution in [1.29, 1.82) is 0 Å². The largest absolute Gasteiger partial charge is 0.385 e. The van der Waals surface area contributed by atoms with E-state index in [4.69, 9.17) is 11.6 Å². The van der Waals surface area contributed by atoms with Gasteiger partial charge in [0.25, 0.3) is 0 Å². The summed E-state index contributed by atoms with van der Waals surface area (Å²) in [4.78, 5) is 7.40. The summed E-state index contributed by atoms with van der Waals surface area (Å²) in [7, 11) is 0. The Hall–Kier alpha value is -2.00. The Morgan fingerprint density at radius 3 is 2.95 bits per heavy atom. The number of aryl methyl sites for hydroxylation is 1. The van der Waals surface area contributed by atoms with Crippen LogP contribution in [0, 0.1) is 6.92 Å². The summed E-state index contributed by atoms with van der Waals surface area (Å²) in [6, 6.07) is 12.2. The highest BCUT2D eigenvalue weighted by atomic mass is 35.5. The van der Waals surface area contributed by atoms with Gasteiger partial charge >= 0.3 is 0 Å². The summed E-state index contributed by atoms with van der Waals surface area (Å²) < 4.78 is 0. The van der Waals surface area contributed by atoms with Gasteiger partial charge in [0.2, 0.25) is 0 Å². The van der Waals surface area contributed by atoms with Gasteiger partial charge < -0.3 is 10.3 Å². The zero-order chi connectivity index (χ0) is 13.9. The fourth-order valence-corrected chi connectivity index (χ4v) is 2.68. The molecule has 0 unspecified atom stereocenters. The molecule has 0 aliphatic heterocycles. The molecule has 0 fully saturated rings. The number of aromatic nitrogens is 2. The summed E-state index contributed by atoms with van der Waals surface area (Å²) in [5.74, 6) is 0. The summed E-state index contributed by atoms with van der Waals surface area (Å²) >= 11 is 5.87. The molecule has 3 aromatic rings. The fraction of sp³-hybridized carbons (Fsp3) is 0.188. The van der Waals surface area contributed by atoms with Gasteiger partial charge in [0, 0.05) is 35.0 Å². The third-order valence-electron chi connectivity index (χ3n) is 3.46. The number of benzene rings is 1. The molecule has 2 heterocycles. The third-order valence-corrected chi connectivity index (χ3v) is 3.66. The van der Waals surface area contributed by atoms with Crippen LogP contribution in [-0.4, -0.2) is 16.5 Å². The van der Waals surface area contributed by atoms with Crippen molar-refractivity contribution in [2.45, 2.75) is 13.3 Å². The number of para-hydroxylation sites is 1. The quantitative estimate of drug-likeness (QED) is 0.706. The zero-order valence-corrected chi connectivity index (χ0v) is 12.0. The molecule has 1 aromatic carbocycles. The Bertz CT molecular complexity index is 733. The number of anilines is 1.